The van der Waals surface area contributed by atoms with Crippen LogP contribution in [0.4, 0.5) is 0 Å². The van der Waals surface area contributed by atoms with Crippen LogP contribution < -0.4 is 33.7 Å². The van der Waals surface area contributed by atoms with Crippen molar-refractivity contribution in [1.82, 2.24) is 29.9 Å². The molecule has 0 unspecified atom stereocenters. The van der Waals surface area contributed by atoms with Crippen LogP contribution in [0, 0.1) is 35.6 Å². The van der Waals surface area contributed by atoms with Gasteiger partial charge in [0.05, 0.1) is 0 Å². The maximum atomic E-state index is 10.5. The minimum atomic E-state index is -1.34. The Bertz CT molecular complexity index is 1270. The van der Waals surface area contributed by atoms with Crippen molar-refractivity contribution in [3.8, 4) is 0 Å². The second-order valence-corrected chi connectivity index (χ2v) is 5.42. The fourth-order valence-electron chi connectivity index (χ4n) is 1.75. The van der Waals surface area contributed by atoms with Gasteiger partial charge in [0, 0.05) is 53.8 Å². The van der Waals surface area contributed by atoms with Gasteiger partial charge >= 0.3 is 35.0 Å². The van der Waals surface area contributed by atoms with Gasteiger partial charge in [0.15, 0.2) is 0 Å². The van der Waals surface area contributed by atoms with Gasteiger partial charge in [-0.15, -0.1) is 0 Å². The molecular weight excluding hydrogens is 595 g/mol. The molecule has 0 spiro atoms. The van der Waals surface area contributed by atoms with Gasteiger partial charge in [-0.2, -0.15) is 0 Å². The number of rotatable bonds is 3. The molecule has 0 bridgehead atoms. The number of aromatic carboxylic acids is 3. The number of carbonyl (C=O) groups is 3. The molecule has 0 amide bonds. The zero-order valence-electron chi connectivity index (χ0n) is 16.3. The molecule has 0 aliphatic heterocycles. The molecule has 3 aromatic heterocycles. The summed E-state index contributed by atoms with van der Waals surface area (Å²) in [5, 5.41) is 24.9. The van der Waals surface area contributed by atoms with Crippen LogP contribution in [-0.4, -0.2) is 63.1 Å². The topological polar surface area (TPSA) is 309 Å². The third-order valence-corrected chi connectivity index (χ3v) is 2.97. The van der Waals surface area contributed by atoms with Gasteiger partial charge in [0.1, 0.15) is 17.1 Å². The Hall–Kier alpha value is -4.36. The molecule has 0 aromatic carbocycles. The van der Waals surface area contributed by atoms with Gasteiger partial charge < -0.3 is 30.3 Å². The van der Waals surface area contributed by atoms with Crippen molar-refractivity contribution in [2.45, 2.75) is 0 Å². The number of carboxylic acids is 3. The maximum Gasteiger partial charge on any atom is 0.352 e. The number of hydrogen-bond acceptors (Lipinski definition) is 9. The Balaban J connectivity index is 0.000000473. The van der Waals surface area contributed by atoms with E-state index in [1.807, 2.05) is 29.9 Å². The van der Waals surface area contributed by atoms with Crippen molar-refractivity contribution in [2.75, 3.05) is 0 Å². The molecular formula is C15H12LaN6O12. The Morgan fingerprint density at radius 1 is 0.471 bits per heavy atom. The smallest absolute Gasteiger partial charge is 0.352 e. The molecule has 0 aliphatic carbocycles. The largest absolute Gasteiger partial charge is 0.477 e. The van der Waals surface area contributed by atoms with Crippen LogP contribution in [-0.2, 0) is 0 Å². The number of nitrogens with one attached hydrogen (secondary N) is 6. The van der Waals surface area contributed by atoms with E-state index in [-0.39, 0.29) is 35.6 Å². The normalized spacial score (nSPS) is 9.18. The first-order valence-electron chi connectivity index (χ1n) is 7.99. The van der Waals surface area contributed by atoms with Gasteiger partial charge in [-0.05, 0) is 0 Å². The monoisotopic (exact) mass is 607 g/mol. The van der Waals surface area contributed by atoms with Gasteiger partial charge in [0.2, 0.25) is 0 Å². The van der Waals surface area contributed by atoms with Gasteiger partial charge in [-0.25, -0.2) is 28.8 Å². The van der Waals surface area contributed by atoms with E-state index < -0.39 is 68.7 Å². The molecule has 3 rings (SSSR count). The molecule has 0 saturated heterocycles. The summed E-state index contributed by atoms with van der Waals surface area (Å²) in [4.78, 5) is 105. The minimum absolute atomic E-state index is 0. The summed E-state index contributed by atoms with van der Waals surface area (Å²) in [6.07, 6.45) is 0. The molecule has 1 radical (unpaired) electrons. The van der Waals surface area contributed by atoms with Gasteiger partial charge in [-0.3, -0.25) is 29.3 Å². The maximum absolute atomic E-state index is 10.5. The van der Waals surface area contributed by atoms with E-state index in [1.165, 1.54) is 0 Å². The predicted octanol–water partition coefficient (Wildman–Crippen LogP) is -3.72. The number of H-pyrrole nitrogens is 6. The average Bonchev–Trinajstić information content (AvgIpc) is 2.66. The average molecular weight is 607 g/mol. The van der Waals surface area contributed by atoms with Crippen molar-refractivity contribution < 1.29 is 65.3 Å². The number of hydrogen-bond donors (Lipinski definition) is 9. The molecule has 177 valence electrons. The Kier molecular flexibility index (Phi) is 11.6. The molecule has 3 heterocycles. The quantitative estimate of drug-likeness (QED) is 0.139. The molecule has 34 heavy (non-hydrogen) atoms. The number of carboxylic acid groups (broad SMARTS) is 3. The Morgan fingerprint density at radius 3 is 0.824 bits per heavy atom. The molecule has 0 aliphatic rings. The first-order valence-corrected chi connectivity index (χ1v) is 7.99. The summed E-state index contributed by atoms with van der Waals surface area (Å²) < 4.78 is 0. The zero-order chi connectivity index (χ0) is 25.3. The van der Waals surface area contributed by atoms with Crippen molar-refractivity contribution in [3.63, 3.8) is 0 Å². The van der Waals surface area contributed by atoms with E-state index in [2.05, 4.69) is 0 Å². The summed E-state index contributed by atoms with van der Waals surface area (Å²) in [6.45, 7) is 0. The van der Waals surface area contributed by atoms with E-state index in [0.717, 1.165) is 18.2 Å². The third-order valence-electron chi connectivity index (χ3n) is 2.97. The molecule has 3 aromatic rings. The molecule has 18 nitrogen and oxygen atoms in total. The van der Waals surface area contributed by atoms with Crippen LogP contribution in [0.3, 0.4) is 0 Å². The van der Waals surface area contributed by atoms with Crippen molar-refractivity contribution in [2.24, 2.45) is 0 Å². The van der Waals surface area contributed by atoms with Crippen LogP contribution in [0.15, 0.2) is 47.0 Å². The first-order chi connectivity index (χ1) is 15.3. The number of aromatic amines is 6. The van der Waals surface area contributed by atoms with E-state index >= 15 is 0 Å². The molecule has 9 N–H and O–H groups in total. The first kappa shape index (κ1) is 29.6. The SMILES string of the molecule is O=C(O)c1cc(=O)[nH]c(=O)[nH]1.O=C(O)c1cc(=O)[nH]c(=O)[nH]1.O=C(O)c1cc(=O)[nH]c(=O)[nH]1.[La]. The fourth-order valence-corrected chi connectivity index (χ4v) is 1.75. The van der Waals surface area contributed by atoms with E-state index in [9.17, 15) is 43.2 Å². The van der Waals surface area contributed by atoms with E-state index in [1.54, 1.807) is 0 Å². The van der Waals surface area contributed by atoms with E-state index in [0.29, 0.717) is 0 Å². The van der Waals surface area contributed by atoms with Crippen LogP contribution in [0.1, 0.15) is 31.5 Å². The van der Waals surface area contributed by atoms with Crippen molar-refractivity contribution in [3.05, 3.63) is 97.8 Å². The fraction of sp³-hybridized carbons (Fsp3) is 0. The van der Waals surface area contributed by atoms with Crippen LogP contribution in [0.5, 0.6) is 0 Å². The summed E-state index contributed by atoms with van der Waals surface area (Å²) in [7, 11) is 0. The number of aromatic nitrogens is 6. The standard InChI is InChI=1S/3C5H4N2O4.La/c3*8-3-1-2(4(9)10)6-5(11)7-3;/h3*1H,(H,9,10)(H2,6,7,8,11);. The molecule has 0 atom stereocenters. The summed E-state index contributed by atoms with van der Waals surface area (Å²) in [6, 6.07) is 2.39. The Labute approximate surface area is 210 Å². The summed E-state index contributed by atoms with van der Waals surface area (Å²) >= 11 is 0. The van der Waals surface area contributed by atoms with Gasteiger partial charge in [0.25, 0.3) is 16.7 Å². The molecule has 19 heteroatoms. The van der Waals surface area contributed by atoms with Crippen molar-refractivity contribution >= 4 is 17.9 Å². The second kappa shape index (κ2) is 13.3. The summed E-state index contributed by atoms with van der Waals surface area (Å²) in [5.41, 5.74) is -5.92. The molecule has 0 saturated carbocycles. The van der Waals surface area contributed by atoms with E-state index in [4.69, 9.17) is 15.3 Å². The Morgan fingerprint density at radius 2 is 0.676 bits per heavy atom. The van der Waals surface area contributed by atoms with Crippen LogP contribution >= 0.6 is 0 Å². The van der Waals surface area contributed by atoms with Crippen molar-refractivity contribution in [1.29, 1.82) is 0 Å². The predicted molar refractivity (Wildman–Crippen MR) is 104 cm³/mol. The minimum Gasteiger partial charge on any atom is -0.477 e. The zero-order valence-corrected chi connectivity index (χ0v) is 20.0. The molecule has 0 fully saturated rings. The van der Waals surface area contributed by atoms with Crippen LogP contribution in [0.2, 0.25) is 0 Å². The second-order valence-electron chi connectivity index (χ2n) is 5.42. The van der Waals surface area contributed by atoms with Gasteiger partial charge in [-0.1, -0.05) is 0 Å². The van der Waals surface area contributed by atoms with Crippen LogP contribution in [0.25, 0.3) is 0 Å². The summed E-state index contributed by atoms with van der Waals surface area (Å²) in [5.74, 6) is -4.02. The third kappa shape index (κ3) is 10.3.